The first-order valence-electron chi connectivity index (χ1n) is 9.33. The molecule has 4 fully saturated rings. The van der Waals surface area contributed by atoms with Crippen LogP contribution in [0, 0.1) is 34.5 Å². The Morgan fingerprint density at radius 1 is 1.09 bits per heavy atom. The molecule has 3 heteroatoms. The van der Waals surface area contributed by atoms with Gasteiger partial charge in [-0.25, -0.2) is 0 Å². The fourth-order valence-corrected chi connectivity index (χ4v) is 7.11. The molecule has 4 aliphatic rings. The van der Waals surface area contributed by atoms with Gasteiger partial charge in [0, 0.05) is 18.4 Å². The molecule has 22 heavy (non-hydrogen) atoms. The van der Waals surface area contributed by atoms with Crippen LogP contribution in [0.2, 0.25) is 0 Å². The summed E-state index contributed by atoms with van der Waals surface area (Å²) in [6.45, 7) is 2.49. The fourth-order valence-electron chi connectivity index (χ4n) is 7.11. The number of hydrogen-bond acceptors (Lipinski definition) is 3. The van der Waals surface area contributed by atoms with Gasteiger partial charge in [-0.2, -0.15) is 0 Å². The van der Waals surface area contributed by atoms with E-state index in [1.54, 1.807) is 0 Å². The number of carbonyl (C=O) groups is 1. The summed E-state index contributed by atoms with van der Waals surface area (Å²) in [6.07, 6.45) is 8.87. The second kappa shape index (κ2) is 5.04. The van der Waals surface area contributed by atoms with E-state index < -0.39 is 0 Å². The number of ketones is 1. The molecule has 2 N–H and O–H groups in total. The topological polar surface area (TPSA) is 57.5 Å². The molecule has 0 aromatic carbocycles. The smallest absolute Gasteiger partial charge is 0.139 e. The fraction of sp³-hybridized carbons (Fsp3) is 0.947. The van der Waals surface area contributed by atoms with Gasteiger partial charge in [-0.3, -0.25) is 4.79 Å². The highest BCUT2D eigenvalue weighted by Gasteiger charge is 2.61. The van der Waals surface area contributed by atoms with Gasteiger partial charge < -0.3 is 10.2 Å². The zero-order valence-corrected chi connectivity index (χ0v) is 13.8. The third-order valence-corrected chi connectivity index (χ3v) is 8.34. The van der Waals surface area contributed by atoms with E-state index in [1.165, 1.54) is 6.42 Å². The summed E-state index contributed by atoms with van der Waals surface area (Å²) in [5, 5.41) is 20.4. The van der Waals surface area contributed by atoms with Gasteiger partial charge in [0.15, 0.2) is 0 Å². The molecule has 0 spiro atoms. The van der Waals surface area contributed by atoms with Crippen LogP contribution in [-0.2, 0) is 4.79 Å². The summed E-state index contributed by atoms with van der Waals surface area (Å²) in [5.74, 6) is 2.74. The Balaban J connectivity index is 1.66. The monoisotopic (exact) mass is 306 g/mol. The van der Waals surface area contributed by atoms with Crippen LogP contribution in [0.15, 0.2) is 0 Å². The highest BCUT2D eigenvalue weighted by molar-refractivity contribution is 5.87. The Kier molecular flexibility index (Phi) is 3.47. The summed E-state index contributed by atoms with van der Waals surface area (Å²) < 4.78 is 0. The molecule has 7 atom stereocenters. The molecule has 124 valence electrons. The van der Waals surface area contributed by atoms with Gasteiger partial charge in [-0.1, -0.05) is 6.92 Å². The maximum atomic E-state index is 12.4. The lowest BCUT2D eigenvalue weighted by Crippen LogP contribution is -2.56. The lowest BCUT2D eigenvalue weighted by atomic mass is 9.45. The molecule has 0 amide bonds. The molecule has 0 heterocycles. The Morgan fingerprint density at radius 2 is 1.91 bits per heavy atom. The van der Waals surface area contributed by atoms with Crippen LogP contribution in [0.5, 0.6) is 0 Å². The van der Waals surface area contributed by atoms with E-state index in [9.17, 15) is 15.0 Å². The molecule has 4 saturated carbocycles. The Hall–Kier alpha value is -0.410. The Labute approximate surface area is 133 Å². The molecule has 0 radical (unpaired) electrons. The van der Waals surface area contributed by atoms with Gasteiger partial charge in [0.1, 0.15) is 5.78 Å². The number of fused-ring (bicyclic) bond motifs is 5. The second-order valence-electron chi connectivity index (χ2n) is 8.89. The van der Waals surface area contributed by atoms with E-state index in [0.717, 1.165) is 51.4 Å². The van der Waals surface area contributed by atoms with Crippen molar-refractivity contribution in [2.24, 2.45) is 34.5 Å². The van der Waals surface area contributed by atoms with Crippen molar-refractivity contribution in [1.29, 1.82) is 0 Å². The summed E-state index contributed by atoms with van der Waals surface area (Å²) in [7, 11) is 0. The highest BCUT2D eigenvalue weighted by atomic mass is 16.3. The standard InChI is InChI=1S/C19H30O3/c1-18-8-7-16-14(15(18)4-5-17(18)22)3-2-12-10-13(21)6-9-19(12,16)11-20/h12-16,20-21H,2-11H2,1H3. The van der Waals surface area contributed by atoms with Gasteiger partial charge in [0.05, 0.1) is 6.10 Å². The molecule has 0 aromatic rings. The molecular weight excluding hydrogens is 276 g/mol. The molecule has 0 saturated heterocycles. The molecule has 0 bridgehead atoms. The maximum Gasteiger partial charge on any atom is 0.139 e. The second-order valence-corrected chi connectivity index (χ2v) is 8.89. The number of rotatable bonds is 1. The minimum absolute atomic E-state index is 0.0368. The molecule has 4 aliphatic carbocycles. The zero-order valence-electron chi connectivity index (χ0n) is 13.8. The predicted octanol–water partition coefficient (Wildman–Crippen LogP) is 2.93. The van der Waals surface area contributed by atoms with Crippen molar-refractivity contribution in [1.82, 2.24) is 0 Å². The predicted molar refractivity (Wildman–Crippen MR) is 84.2 cm³/mol. The van der Waals surface area contributed by atoms with Gasteiger partial charge >= 0.3 is 0 Å². The van der Waals surface area contributed by atoms with Crippen molar-refractivity contribution in [3.8, 4) is 0 Å². The minimum Gasteiger partial charge on any atom is -0.396 e. The van der Waals surface area contributed by atoms with Crippen molar-refractivity contribution >= 4 is 5.78 Å². The number of aliphatic hydroxyl groups excluding tert-OH is 2. The van der Waals surface area contributed by atoms with Gasteiger partial charge in [0.2, 0.25) is 0 Å². The van der Waals surface area contributed by atoms with Crippen LogP contribution < -0.4 is 0 Å². The first-order valence-corrected chi connectivity index (χ1v) is 9.33. The van der Waals surface area contributed by atoms with Crippen LogP contribution in [-0.4, -0.2) is 28.7 Å². The lowest BCUT2D eigenvalue weighted by molar-refractivity contribution is -0.156. The van der Waals surface area contributed by atoms with E-state index in [4.69, 9.17) is 0 Å². The van der Waals surface area contributed by atoms with Crippen molar-refractivity contribution in [2.75, 3.05) is 6.61 Å². The third kappa shape index (κ3) is 1.84. The third-order valence-electron chi connectivity index (χ3n) is 8.34. The van der Waals surface area contributed by atoms with Gasteiger partial charge in [0.25, 0.3) is 0 Å². The van der Waals surface area contributed by atoms with Gasteiger partial charge in [-0.15, -0.1) is 0 Å². The largest absolute Gasteiger partial charge is 0.396 e. The molecule has 4 rings (SSSR count). The number of carbonyl (C=O) groups excluding carboxylic acids is 1. The van der Waals surface area contributed by atoms with Crippen molar-refractivity contribution in [3.63, 3.8) is 0 Å². The number of Topliss-reactive ketones (excluding diaryl/α,β-unsaturated/α-hetero) is 1. The normalized spacial score (nSPS) is 54.5. The molecule has 0 aliphatic heterocycles. The van der Waals surface area contributed by atoms with Crippen LogP contribution in [0.25, 0.3) is 0 Å². The first-order chi connectivity index (χ1) is 10.5. The summed E-state index contributed by atoms with van der Waals surface area (Å²) in [4.78, 5) is 12.4. The van der Waals surface area contributed by atoms with Crippen LogP contribution in [0.4, 0.5) is 0 Å². The lowest BCUT2D eigenvalue weighted by Gasteiger charge is -2.60. The zero-order chi connectivity index (χ0) is 15.5. The maximum absolute atomic E-state index is 12.4. The molecular formula is C19H30O3. The average molecular weight is 306 g/mol. The number of hydrogen-bond donors (Lipinski definition) is 2. The highest BCUT2D eigenvalue weighted by Crippen LogP contribution is 2.65. The SMILES string of the molecule is CC12CCC3C(CCC4CC(O)CCC43CO)C1CCC2=O. The quantitative estimate of drug-likeness (QED) is 0.783. The van der Waals surface area contributed by atoms with E-state index in [-0.39, 0.29) is 23.5 Å². The first kappa shape index (κ1) is 15.1. The minimum atomic E-state index is -0.164. The van der Waals surface area contributed by atoms with E-state index in [1.807, 2.05) is 0 Å². The number of aliphatic hydroxyl groups is 2. The van der Waals surface area contributed by atoms with Crippen molar-refractivity contribution < 1.29 is 15.0 Å². The van der Waals surface area contributed by atoms with E-state index in [0.29, 0.717) is 29.5 Å². The summed E-state index contributed by atoms with van der Waals surface area (Å²) in [5.41, 5.74) is -0.0338. The summed E-state index contributed by atoms with van der Waals surface area (Å²) in [6, 6.07) is 0. The van der Waals surface area contributed by atoms with Gasteiger partial charge in [-0.05, 0) is 80.5 Å². The Bertz CT molecular complexity index is 475. The van der Waals surface area contributed by atoms with Crippen LogP contribution in [0.1, 0.15) is 64.7 Å². The van der Waals surface area contributed by atoms with Crippen molar-refractivity contribution in [2.45, 2.75) is 70.8 Å². The van der Waals surface area contributed by atoms with Crippen LogP contribution in [0.3, 0.4) is 0 Å². The van der Waals surface area contributed by atoms with Crippen molar-refractivity contribution in [3.05, 3.63) is 0 Å². The average Bonchev–Trinajstić information content (AvgIpc) is 2.82. The van der Waals surface area contributed by atoms with Crippen LogP contribution >= 0.6 is 0 Å². The molecule has 3 nitrogen and oxygen atoms in total. The Morgan fingerprint density at radius 3 is 2.68 bits per heavy atom. The van der Waals surface area contributed by atoms with E-state index in [2.05, 4.69) is 6.92 Å². The molecule has 7 unspecified atom stereocenters. The summed E-state index contributed by atoms with van der Waals surface area (Å²) >= 11 is 0. The molecule has 0 aromatic heterocycles. The van der Waals surface area contributed by atoms with E-state index >= 15 is 0 Å².